The third-order valence-corrected chi connectivity index (χ3v) is 7.65. The van der Waals surface area contributed by atoms with Gasteiger partial charge in [0.1, 0.15) is 17.7 Å². The van der Waals surface area contributed by atoms with Crippen LogP contribution in [0.15, 0.2) is 48.5 Å². The molecule has 0 aromatic heterocycles. The smallest absolute Gasteiger partial charge is 0.410 e. The Morgan fingerprint density at radius 3 is 2.00 bits per heavy atom. The molecule has 2 aliphatic heterocycles. The van der Waals surface area contributed by atoms with Crippen LogP contribution in [-0.2, 0) is 19.0 Å². The van der Waals surface area contributed by atoms with Gasteiger partial charge < -0.3 is 24.4 Å². The number of fused-ring (bicyclic) bond motifs is 5. The molecule has 2 saturated heterocycles. The second-order valence-electron chi connectivity index (χ2n) is 11.2. The van der Waals surface area contributed by atoms with E-state index in [0.29, 0.717) is 0 Å². The molecule has 0 spiro atoms. The van der Waals surface area contributed by atoms with E-state index >= 15 is 0 Å². The van der Waals surface area contributed by atoms with Crippen LogP contribution in [0.3, 0.4) is 0 Å². The molecule has 2 amide bonds. The molecule has 1 N–H and O–H groups in total. The molecule has 8 heteroatoms. The maximum atomic E-state index is 13.4. The van der Waals surface area contributed by atoms with Crippen molar-refractivity contribution in [1.29, 1.82) is 0 Å². The molecule has 0 radical (unpaired) electrons. The maximum Gasteiger partial charge on any atom is 0.410 e. The van der Waals surface area contributed by atoms with Crippen molar-refractivity contribution in [1.82, 2.24) is 10.2 Å². The highest BCUT2D eigenvalue weighted by molar-refractivity contribution is 5.87. The summed E-state index contributed by atoms with van der Waals surface area (Å²) in [4.78, 5) is 40.6. The molecular weight excluding hydrogens is 472 g/mol. The fourth-order valence-electron chi connectivity index (χ4n) is 6.23. The van der Waals surface area contributed by atoms with Gasteiger partial charge in [0.2, 0.25) is 0 Å². The van der Waals surface area contributed by atoms with Crippen LogP contribution in [0.4, 0.5) is 9.59 Å². The molecule has 5 rings (SSSR count). The zero-order valence-corrected chi connectivity index (χ0v) is 21.8. The number of hydrogen-bond acceptors (Lipinski definition) is 6. The first-order valence-corrected chi connectivity index (χ1v) is 12.8. The highest BCUT2D eigenvalue weighted by atomic mass is 16.6. The van der Waals surface area contributed by atoms with E-state index in [1.807, 2.05) is 24.3 Å². The van der Waals surface area contributed by atoms with E-state index in [1.165, 1.54) is 18.2 Å². The molecule has 196 valence electrons. The van der Waals surface area contributed by atoms with Gasteiger partial charge in [-0.2, -0.15) is 0 Å². The van der Waals surface area contributed by atoms with E-state index in [0.717, 1.165) is 24.0 Å². The molecule has 2 bridgehead atoms. The van der Waals surface area contributed by atoms with Crippen LogP contribution in [0.2, 0.25) is 0 Å². The lowest BCUT2D eigenvalue weighted by atomic mass is 9.83. The fourth-order valence-corrected chi connectivity index (χ4v) is 6.23. The largest absolute Gasteiger partial charge is 0.467 e. The molecule has 2 aromatic rings. The first kappa shape index (κ1) is 25.1. The minimum absolute atomic E-state index is 0.0261. The Labute approximate surface area is 217 Å². The zero-order chi connectivity index (χ0) is 26.4. The van der Waals surface area contributed by atoms with Crippen LogP contribution in [0.1, 0.15) is 63.5 Å². The molecule has 0 saturated carbocycles. The average Bonchev–Trinajstić information content (AvgIpc) is 3.32. The minimum Gasteiger partial charge on any atom is -0.467 e. The molecule has 37 heavy (non-hydrogen) atoms. The van der Waals surface area contributed by atoms with E-state index in [4.69, 9.17) is 14.2 Å². The van der Waals surface area contributed by atoms with Gasteiger partial charge in [0.25, 0.3) is 0 Å². The van der Waals surface area contributed by atoms with Crippen molar-refractivity contribution in [2.24, 2.45) is 0 Å². The van der Waals surface area contributed by atoms with Crippen molar-refractivity contribution in [2.45, 2.75) is 75.6 Å². The summed E-state index contributed by atoms with van der Waals surface area (Å²) in [6, 6.07) is 15.9. The van der Waals surface area contributed by atoms with Crippen molar-refractivity contribution >= 4 is 18.2 Å². The second kappa shape index (κ2) is 9.39. The molecule has 2 unspecified atom stereocenters. The van der Waals surface area contributed by atoms with Crippen LogP contribution in [0.25, 0.3) is 11.1 Å². The molecule has 1 aliphatic carbocycles. The number of esters is 1. The Morgan fingerprint density at radius 1 is 0.946 bits per heavy atom. The number of benzene rings is 2. The summed E-state index contributed by atoms with van der Waals surface area (Å²) < 4.78 is 16.4. The average molecular weight is 507 g/mol. The molecule has 8 nitrogen and oxygen atoms in total. The van der Waals surface area contributed by atoms with Crippen LogP contribution >= 0.6 is 0 Å². The van der Waals surface area contributed by atoms with Gasteiger partial charge in [0.15, 0.2) is 0 Å². The number of carbonyl (C=O) groups excluding carboxylic acids is 3. The number of ether oxygens (including phenoxy) is 3. The number of piperidine rings is 1. The highest BCUT2D eigenvalue weighted by Crippen LogP contribution is 2.45. The Bertz CT molecular complexity index is 1160. The lowest BCUT2D eigenvalue weighted by molar-refractivity contribution is -0.152. The van der Waals surface area contributed by atoms with E-state index in [-0.39, 0.29) is 43.5 Å². The summed E-state index contributed by atoms with van der Waals surface area (Å²) in [5, 5.41) is 2.78. The van der Waals surface area contributed by atoms with E-state index in [1.54, 1.807) is 25.7 Å². The van der Waals surface area contributed by atoms with Crippen LogP contribution in [0.5, 0.6) is 0 Å². The number of carbonyl (C=O) groups is 3. The van der Waals surface area contributed by atoms with Gasteiger partial charge in [-0.25, -0.2) is 14.4 Å². The lowest BCUT2D eigenvalue weighted by Crippen LogP contribution is -2.64. The highest BCUT2D eigenvalue weighted by Gasteiger charge is 2.56. The summed E-state index contributed by atoms with van der Waals surface area (Å²) in [6.07, 6.45) is 0.892. The third kappa shape index (κ3) is 4.65. The Kier molecular flexibility index (Phi) is 6.38. The van der Waals surface area contributed by atoms with Gasteiger partial charge in [0.05, 0.1) is 7.11 Å². The van der Waals surface area contributed by atoms with Gasteiger partial charge in [-0.05, 0) is 55.9 Å². The molecular formula is C29H34N2O6. The van der Waals surface area contributed by atoms with Gasteiger partial charge in [-0.3, -0.25) is 0 Å². The van der Waals surface area contributed by atoms with Crippen molar-refractivity contribution in [3.8, 4) is 11.1 Å². The van der Waals surface area contributed by atoms with Crippen molar-refractivity contribution in [3.63, 3.8) is 0 Å². The molecule has 3 aliphatic rings. The number of amides is 2. The Hall–Kier alpha value is -3.55. The monoisotopic (exact) mass is 506 g/mol. The minimum atomic E-state index is -1.25. The van der Waals surface area contributed by atoms with Crippen molar-refractivity contribution < 1.29 is 28.6 Å². The standard InChI is InChI=1S/C29H34N2O6/c1-28(2,3)37-26(33)30-29(25(32)35-4)15-18-13-14-19(16-29)31(18)27(34)36-17-24-22-11-7-5-9-20(22)21-10-6-8-12-23(21)24/h5-12,18-19,24H,13-17H2,1-4H3,(H,30,33). The topological polar surface area (TPSA) is 94.2 Å². The number of methoxy groups -OCH3 is 1. The van der Waals surface area contributed by atoms with Gasteiger partial charge in [-0.1, -0.05) is 48.5 Å². The van der Waals surface area contributed by atoms with Crippen LogP contribution in [0, 0.1) is 0 Å². The second-order valence-corrected chi connectivity index (χ2v) is 11.2. The van der Waals surface area contributed by atoms with E-state index in [9.17, 15) is 14.4 Å². The summed E-state index contributed by atoms with van der Waals surface area (Å²) in [5.41, 5.74) is 2.71. The van der Waals surface area contributed by atoms with Crippen LogP contribution < -0.4 is 5.32 Å². The van der Waals surface area contributed by atoms with E-state index < -0.39 is 23.2 Å². The van der Waals surface area contributed by atoms with Crippen LogP contribution in [-0.4, -0.2) is 60.0 Å². The first-order chi connectivity index (χ1) is 17.6. The predicted octanol–water partition coefficient (Wildman–Crippen LogP) is 5.00. The number of nitrogens with one attached hydrogen (secondary N) is 1. The first-order valence-electron chi connectivity index (χ1n) is 12.8. The zero-order valence-electron chi connectivity index (χ0n) is 21.8. The number of hydrogen-bond donors (Lipinski definition) is 1. The third-order valence-electron chi connectivity index (χ3n) is 7.65. The summed E-state index contributed by atoms with van der Waals surface area (Å²) in [6.45, 7) is 5.53. The predicted molar refractivity (Wildman–Crippen MR) is 137 cm³/mol. The Morgan fingerprint density at radius 2 is 1.49 bits per heavy atom. The quantitative estimate of drug-likeness (QED) is 0.463. The summed E-state index contributed by atoms with van der Waals surface area (Å²) in [5.74, 6) is -0.552. The molecule has 2 heterocycles. The molecule has 2 fully saturated rings. The number of rotatable bonds is 4. The fraction of sp³-hybridized carbons (Fsp3) is 0.483. The summed E-state index contributed by atoms with van der Waals surface area (Å²) >= 11 is 0. The summed E-state index contributed by atoms with van der Waals surface area (Å²) in [7, 11) is 1.31. The number of alkyl carbamates (subject to hydrolysis) is 1. The maximum absolute atomic E-state index is 13.4. The van der Waals surface area contributed by atoms with Gasteiger partial charge in [0, 0.05) is 30.8 Å². The van der Waals surface area contributed by atoms with E-state index in [2.05, 4.69) is 29.6 Å². The lowest BCUT2D eigenvalue weighted by Gasteiger charge is -2.44. The van der Waals surface area contributed by atoms with Gasteiger partial charge >= 0.3 is 18.2 Å². The van der Waals surface area contributed by atoms with Crippen molar-refractivity contribution in [2.75, 3.05) is 13.7 Å². The SMILES string of the molecule is COC(=O)C1(NC(=O)OC(C)(C)C)CC2CCC(C1)N2C(=O)OCC1c2ccccc2-c2ccccc21. The number of nitrogens with zero attached hydrogens (tertiary/aromatic N) is 1. The van der Waals surface area contributed by atoms with Crippen molar-refractivity contribution in [3.05, 3.63) is 59.7 Å². The molecule has 2 aromatic carbocycles. The normalized spacial score (nSPS) is 24.2. The van der Waals surface area contributed by atoms with Gasteiger partial charge in [-0.15, -0.1) is 0 Å². The Balaban J connectivity index is 1.30. The molecule has 2 atom stereocenters.